The van der Waals surface area contributed by atoms with Crippen LogP contribution in [0.1, 0.15) is 43.8 Å². The Balaban J connectivity index is 1.72. The lowest BCUT2D eigenvalue weighted by molar-refractivity contribution is -0.138. The van der Waals surface area contributed by atoms with Crippen LogP contribution < -0.4 is 5.56 Å². The molecular formula is C16H24N4O2. The molecule has 1 saturated heterocycles. The Bertz CT molecular complexity index is 638. The summed E-state index contributed by atoms with van der Waals surface area (Å²) in [6.07, 6.45) is 2.00. The van der Waals surface area contributed by atoms with Crippen molar-refractivity contribution in [1.29, 1.82) is 0 Å². The van der Waals surface area contributed by atoms with Crippen LogP contribution in [0.4, 0.5) is 0 Å². The zero-order valence-corrected chi connectivity index (χ0v) is 13.6. The van der Waals surface area contributed by atoms with Crippen LogP contribution >= 0.6 is 0 Å². The molecule has 0 aliphatic carbocycles. The number of hydrogen-bond donors (Lipinski definition) is 1. The monoisotopic (exact) mass is 304 g/mol. The molecule has 1 atom stereocenters. The smallest absolute Gasteiger partial charge is 0.256 e. The molecule has 22 heavy (non-hydrogen) atoms. The average molecular weight is 304 g/mol. The van der Waals surface area contributed by atoms with Gasteiger partial charge in [0.25, 0.3) is 5.56 Å². The fourth-order valence-corrected chi connectivity index (χ4v) is 3.48. The molecule has 0 unspecified atom stereocenters. The molecule has 2 aliphatic heterocycles. The van der Waals surface area contributed by atoms with E-state index in [0.717, 1.165) is 31.6 Å². The van der Waals surface area contributed by atoms with Crippen molar-refractivity contribution in [1.82, 2.24) is 19.8 Å². The highest BCUT2D eigenvalue weighted by Gasteiger charge is 2.34. The predicted molar refractivity (Wildman–Crippen MR) is 83.3 cm³/mol. The molecule has 0 aromatic carbocycles. The minimum Gasteiger partial charge on any atom is -0.332 e. The third-order valence-corrected chi connectivity index (χ3v) is 4.75. The summed E-state index contributed by atoms with van der Waals surface area (Å²) in [5, 5.41) is 0. The molecule has 6 heteroatoms. The number of H-pyrrole nitrogens is 1. The van der Waals surface area contributed by atoms with E-state index in [-0.39, 0.29) is 17.4 Å². The zero-order valence-electron chi connectivity index (χ0n) is 13.6. The van der Waals surface area contributed by atoms with Crippen molar-refractivity contribution in [2.75, 3.05) is 13.1 Å². The van der Waals surface area contributed by atoms with Crippen LogP contribution in [0.2, 0.25) is 0 Å². The first-order valence-corrected chi connectivity index (χ1v) is 8.07. The number of carbonyl (C=O) groups is 1. The SMILES string of the molecule is Cc1nc2c(c(=O)[nH]1)CN(C(=O)[C@H]1CCCN(C(C)C)C1)C2. The van der Waals surface area contributed by atoms with Crippen LogP contribution in [-0.2, 0) is 17.9 Å². The van der Waals surface area contributed by atoms with Crippen LogP contribution in [-0.4, -0.2) is 44.8 Å². The summed E-state index contributed by atoms with van der Waals surface area (Å²) in [5.74, 6) is 0.827. The number of likely N-dealkylation sites (tertiary alicyclic amines) is 1. The largest absolute Gasteiger partial charge is 0.332 e. The van der Waals surface area contributed by atoms with E-state index in [1.54, 1.807) is 11.8 Å². The van der Waals surface area contributed by atoms with E-state index in [0.29, 0.717) is 30.5 Å². The van der Waals surface area contributed by atoms with Gasteiger partial charge in [-0.05, 0) is 40.2 Å². The lowest BCUT2D eigenvalue weighted by Gasteiger charge is -2.36. The number of amides is 1. The first kappa shape index (κ1) is 15.2. The number of aromatic nitrogens is 2. The fourth-order valence-electron chi connectivity index (χ4n) is 3.48. The quantitative estimate of drug-likeness (QED) is 0.886. The minimum absolute atomic E-state index is 0.0469. The van der Waals surface area contributed by atoms with Gasteiger partial charge in [0, 0.05) is 12.6 Å². The predicted octanol–water partition coefficient (Wildman–Crippen LogP) is 1.04. The summed E-state index contributed by atoms with van der Waals surface area (Å²) in [6, 6.07) is 0.471. The van der Waals surface area contributed by atoms with Gasteiger partial charge in [0.1, 0.15) is 5.82 Å². The molecular weight excluding hydrogens is 280 g/mol. The number of nitrogens with zero attached hydrogens (tertiary/aromatic N) is 3. The summed E-state index contributed by atoms with van der Waals surface area (Å²) < 4.78 is 0. The zero-order chi connectivity index (χ0) is 15.9. The maximum Gasteiger partial charge on any atom is 0.256 e. The molecule has 1 aromatic rings. The van der Waals surface area contributed by atoms with Gasteiger partial charge in [0.05, 0.1) is 30.3 Å². The molecule has 2 aliphatic rings. The molecule has 1 fully saturated rings. The second kappa shape index (κ2) is 5.83. The highest BCUT2D eigenvalue weighted by molar-refractivity contribution is 5.79. The molecule has 1 N–H and O–H groups in total. The van der Waals surface area contributed by atoms with Crippen molar-refractivity contribution < 1.29 is 4.79 Å². The third kappa shape index (κ3) is 2.79. The van der Waals surface area contributed by atoms with Gasteiger partial charge < -0.3 is 14.8 Å². The van der Waals surface area contributed by atoms with Gasteiger partial charge in [-0.25, -0.2) is 4.98 Å². The highest BCUT2D eigenvalue weighted by atomic mass is 16.2. The molecule has 0 bridgehead atoms. The standard InChI is InChI=1S/C16H24N4O2/c1-10(2)19-6-4-5-12(7-19)16(22)20-8-13-14(9-20)17-11(3)18-15(13)21/h10,12H,4-9H2,1-3H3,(H,17,18,21)/t12-/m0/s1. The Labute approximate surface area is 130 Å². The normalized spacial score (nSPS) is 22.2. The number of rotatable bonds is 2. The number of nitrogens with one attached hydrogen (secondary N) is 1. The Kier molecular flexibility index (Phi) is 4.04. The first-order chi connectivity index (χ1) is 10.5. The molecule has 3 rings (SSSR count). The van der Waals surface area contributed by atoms with Gasteiger partial charge in [-0.1, -0.05) is 0 Å². The van der Waals surface area contributed by atoms with E-state index in [4.69, 9.17) is 0 Å². The number of carbonyl (C=O) groups excluding carboxylic acids is 1. The topological polar surface area (TPSA) is 69.3 Å². The van der Waals surface area contributed by atoms with Crippen LogP contribution in [0.25, 0.3) is 0 Å². The summed E-state index contributed by atoms with van der Waals surface area (Å²) in [5.41, 5.74) is 1.30. The number of hydrogen-bond acceptors (Lipinski definition) is 4. The molecule has 0 saturated carbocycles. The van der Waals surface area contributed by atoms with Crippen molar-refractivity contribution in [3.05, 3.63) is 27.4 Å². The number of aromatic amines is 1. The highest BCUT2D eigenvalue weighted by Crippen LogP contribution is 2.25. The summed E-state index contributed by atoms with van der Waals surface area (Å²) in [4.78, 5) is 36.0. The summed E-state index contributed by atoms with van der Waals surface area (Å²) in [7, 11) is 0. The maximum absolute atomic E-state index is 12.8. The third-order valence-electron chi connectivity index (χ3n) is 4.75. The lowest BCUT2D eigenvalue weighted by Crippen LogP contribution is -2.45. The summed E-state index contributed by atoms with van der Waals surface area (Å²) in [6.45, 7) is 8.88. The molecule has 120 valence electrons. The molecule has 0 radical (unpaired) electrons. The van der Waals surface area contributed by atoms with Crippen molar-refractivity contribution in [2.45, 2.75) is 52.7 Å². The van der Waals surface area contributed by atoms with Crippen molar-refractivity contribution >= 4 is 5.91 Å². The lowest BCUT2D eigenvalue weighted by atomic mass is 9.95. The second-order valence-electron chi connectivity index (χ2n) is 6.70. The van der Waals surface area contributed by atoms with Gasteiger partial charge >= 0.3 is 0 Å². The maximum atomic E-state index is 12.8. The minimum atomic E-state index is -0.106. The number of fused-ring (bicyclic) bond motifs is 1. The van der Waals surface area contributed by atoms with Gasteiger partial charge in [-0.3, -0.25) is 9.59 Å². The van der Waals surface area contributed by atoms with E-state index in [9.17, 15) is 9.59 Å². The average Bonchev–Trinajstić information content (AvgIpc) is 2.90. The van der Waals surface area contributed by atoms with Crippen molar-refractivity contribution in [2.24, 2.45) is 5.92 Å². The van der Waals surface area contributed by atoms with E-state index in [2.05, 4.69) is 28.7 Å². The fraction of sp³-hybridized carbons (Fsp3) is 0.688. The van der Waals surface area contributed by atoms with E-state index in [1.165, 1.54) is 0 Å². The van der Waals surface area contributed by atoms with E-state index < -0.39 is 0 Å². The van der Waals surface area contributed by atoms with Gasteiger partial charge in [-0.15, -0.1) is 0 Å². The van der Waals surface area contributed by atoms with Crippen molar-refractivity contribution in [3.8, 4) is 0 Å². The Hall–Kier alpha value is -1.69. The molecule has 1 amide bonds. The summed E-state index contributed by atoms with van der Waals surface area (Å²) >= 11 is 0. The number of aryl methyl sites for hydroxylation is 1. The molecule has 6 nitrogen and oxygen atoms in total. The Morgan fingerprint density at radius 3 is 2.86 bits per heavy atom. The Morgan fingerprint density at radius 1 is 1.36 bits per heavy atom. The van der Waals surface area contributed by atoms with Crippen LogP contribution in [0.3, 0.4) is 0 Å². The second-order valence-corrected chi connectivity index (χ2v) is 6.70. The molecule has 3 heterocycles. The van der Waals surface area contributed by atoms with E-state index >= 15 is 0 Å². The van der Waals surface area contributed by atoms with E-state index in [1.807, 2.05) is 0 Å². The first-order valence-electron chi connectivity index (χ1n) is 8.07. The van der Waals surface area contributed by atoms with Gasteiger partial charge in [0.15, 0.2) is 0 Å². The van der Waals surface area contributed by atoms with Crippen LogP contribution in [0.15, 0.2) is 4.79 Å². The van der Waals surface area contributed by atoms with Gasteiger partial charge in [-0.2, -0.15) is 0 Å². The molecule has 1 aromatic heterocycles. The van der Waals surface area contributed by atoms with Crippen LogP contribution in [0, 0.1) is 12.8 Å². The van der Waals surface area contributed by atoms with Crippen LogP contribution in [0.5, 0.6) is 0 Å². The Morgan fingerprint density at radius 2 is 2.14 bits per heavy atom. The van der Waals surface area contributed by atoms with Gasteiger partial charge in [0.2, 0.25) is 5.91 Å². The molecule has 0 spiro atoms. The number of piperidine rings is 1. The van der Waals surface area contributed by atoms with Crippen molar-refractivity contribution in [3.63, 3.8) is 0 Å².